The van der Waals surface area contributed by atoms with Gasteiger partial charge in [0.1, 0.15) is 0 Å². The second-order valence-electron chi connectivity index (χ2n) is 3.42. The number of nitro benzene ring substituents is 1. The Bertz CT molecular complexity index is 434. The summed E-state index contributed by atoms with van der Waals surface area (Å²) in [4.78, 5) is 21.2. The number of nitrogens with zero attached hydrogens (tertiary/aromatic N) is 1. The first-order chi connectivity index (χ1) is 8.06. The monoisotopic (exact) mass is 238 g/mol. The lowest BCUT2D eigenvalue weighted by Gasteiger charge is -2.09. The summed E-state index contributed by atoms with van der Waals surface area (Å²) in [6, 6.07) is 3.94. The van der Waals surface area contributed by atoms with Gasteiger partial charge in [0.15, 0.2) is 0 Å². The molecule has 0 radical (unpaired) electrons. The standard InChI is InChI=1S/C10H14N4O3/c11-4-1-5-13-9-3-2-7(14(16)17)6-8(9)10(12)15/h2-3,6,13H,1,4-5,11H2,(H2,12,15). The largest absolute Gasteiger partial charge is 0.384 e. The van der Waals surface area contributed by atoms with Gasteiger partial charge in [0.25, 0.3) is 11.6 Å². The number of amides is 1. The summed E-state index contributed by atoms with van der Waals surface area (Å²) < 4.78 is 0. The van der Waals surface area contributed by atoms with Crippen LogP contribution in [0.5, 0.6) is 0 Å². The molecule has 92 valence electrons. The number of hydrogen-bond acceptors (Lipinski definition) is 5. The smallest absolute Gasteiger partial charge is 0.270 e. The molecule has 0 aliphatic carbocycles. The molecule has 0 aliphatic rings. The number of carbonyl (C=O) groups is 1. The van der Waals surface area contributed by atoms with Gasteiger partial charge in [-0.2, -0.15) is 0 Å². The van der Waals surface area contributed by atoms with E-state index >= 15 is 0 Å². The number of rotatable bonds is 6. The Balaban J connectivity index is 2.96. The number of anilines is 1. The molecule has 0 aliphatic heterocycles. The lowest BCUT2D eigenvalue weighted by Crippen LogP contribution is -2.16. The Morgan fingerprint density at radius 2 is 2.18 bits per heavy atom. The topological polar surface area (TPSA) is 124 Å². The van der Waals surface area contributed by atoms with Gasteiger partial charge < -0.3 is 16.8 Å². The number of nitro groups is 1. The molecule has 0 aromatic heterocycles. The van der Waals surface area contributed by atoms with Gasteiger partial charge in [-0.25, -0.2) is 0 Å². The fraction of sp³-hybridized carbons (Fsp3) is 0.300. The first-order valence-corrected chi connectivity index (χ1v) is 5.08. The van der Waals surface area contributed by atoms with Gasteiger partial charge in [0.05, 0.1) is 10.5 Å². The minimum atomic E-state index is -0.705. The third-order valence-electron chi connectivity index (χ3n) is 2.18. The van der Waals surface area contributed by atoms with Crippen LogP contribution in [0.3, 0.4) is 0 Å². The SMILES string of the molecule is NCCCNc1ccc([N+](=O)[O-])cc1C(N)=O. The molecule has 7 heteroatoms. The molecule has 0 unspecified atom stereocenters. The van der Waals surface area contributed by atoms with Crippen molar-refractivity contribution < 1.29 is 9.72 Å². The van der Waals surface area contributed by atoms with Crippen LogP contribution >= 0.6 is 0 Å². The van der Waals surface area contributed by atoms with Crippen molar-refractivity contribution in [1.29, 1.82) is 0 Å². The minimum Gasteiger partial charge on any atom is -0.384 e. The van der Waals surface area contributed by atoms with Gasteiger partial charge in [-0.15, -0.1) is 0 Å². The minimum absolute atomic E-state index is 0.108. The van der Waals surface area contributed by atoms with Gasteiger partial charge in [0.2, 0.25) is 0 Å². The van der Waals surface area contributed by atoms with Crippen molar-refractivity contribution in [1.82, 2.24) is 0 Å². The maximum atomic E-state index is 11.2. The number of carbonyl (C=O) groups excluding carboxylic acids is 1. The maximum absolute atomic E-state index is 11.2. The van der Waals surface area contributed by atoms with E-state index in [-0.39, 0.29) is 11.3 Å². The Morgan fingerprint density at radius 1 is 1.47 bits per heavy atom. The van der Waals surface area contributed by atoms with Gasteiger partial charge >= 0.3 is 0 Å². The zero-order valence-electron chi connectivity index (χ0n) is 9.18. The van der Waals surface area contributed by atoms with Gasteiger partial charge in [-0.1, -0.05) is 0 Å². The van der Waals surface area contributed by atoms with Crippen LogP contribution in [-0.4, -0.2) is 23.9 Å². The molecule has 7 nitrogen and oxygen atoms in total. The van der Waals surface area contributed by atoms with E-state index in [0.29, 0.717) is 18.8 Å². The Kier molecular flexibility index (Phi) is 4.41. The van der Waals surface area contributed by atoms with Crippen molar-refractivity contribution >= 4 is 17.3 Å². The van der Waals surface area contributed by atoms with Crippen molar-refractivity contribution in [3.05, 3.63) is 33.9 Å². The molecule has 1 aromatic rings. The van der Waals surface area contributed by atoms with Gasteiger partial charge in [-0.3, -0.25) is 14.9 Å². The van der Waals surface area contributed by atoms with Crippen LogP contribution in [0, 0.1) is 10.1 Å². The molecule has 17 heavy (non-hydrogen) atoms. The quantitative estimate of drug-likeness (QED) is 0.377. The number of non-ortho nitro benzene ring substituents is 1. The first-order valence-electron chi connectivity index (χ1n) is 5.08. The molecule has 0 heterocycles. The number of benzene rings is 1. The highest BCUT2D eigenvalue weighted by molar-refractivity contribution is 5.99. The van der Waals surface area contributed by atoms with E-state index in [9.17, 15) is 14.9 Å². The van der Waals surface area contributed by atoms with Crippen LogP contribution in [0.1, 0.15) is 16.8 Å². The predicted octanol–water partition coefficient (Wildman–Crippen LogP) is 0.454. The molecule has 0 atom stereocenters. The van der Waals surface area contributed by atoms with Crippen molar-refractivity contribution in [2.24, 2.45) is 11.5 Å². The Labute approximate surface area is 97.9 Å². The fourth-order valence-corrected chi connectivity index (χ4v) is 1.33. The molecule has 1 aromatic carbocycles. The number of nitrogens with one attached hydrogen (secondary N) is 1. The van der Waals surface area contributed by atoms with Crippen molar-refractivity contribution in [3.8, 4) is 0 Å². The average molecular weight is 238 g/mol. The lowest BCUT2D eigenvalue weighted by molar-refractivity contribution is -0.384. The highest BCUT2D eigenvalue weighted by Crippen LogP contribution is 2.21. The molecular weight excluding hydrogens is 224 g/mol. The van der Waals surface area contributed by atoms with E-state index in [2.05, 4.69) is 5.32 Å². The molecule has 0 spiro atoms. The molecule has 1 rings (SSSR count). The Morgan fingerprint density at radius 3 is 2.71 bits per heavy atom. The normalized spacial score (nSPS) is 9.94. The third kappa shape index (κ3) is 3.42. The van der Waals surface area contributed by atoms with Crippen molar-refractivity contribution in [2.75, 3.05) is 18.4 Å². The van der Waals surface area contributed by atoms with E-state index in [4.69, 9.17) is 11.5 Å². The summed E-state index contributed by atoms with van der Waals surface area (Å²) >= 11 is 0. The highest BCUT2D eigenvalue weighted by atomic mass is 16.6. The average Bonchev–Trinajstić information content (AvgIpc) is 2.29. The van der Waals surface area contributed by atoms with Crippen LogP contribution in [0.15, 0.2) is 18.2 Å². The Hall–Kier alpha value is -2.15. The summed E-state index contributed by atoms with van der Waals surface area (Å²) in [6.45, 7) is 1.10. The summed E-state index contributed by atoms with van der Waals surface area (Å²) in [5, 5.41) is 13.5. The summed E-state index contributed by atoms with van der Waals surface area (Å²) in [5.41, 5.74) is 10.9. The zero-order valence-corrected chi connectivity index (χ0v) is 9.18. The molecule has 0 saturated carbocycles. The van der Waals surface area contributed by atoms with E-state index in [1.165, 1.54) is 12.1 Å². The third-order valence-corrected chi connectivity index (χ3v) is 2.18. The van der Waals surface area contributed by atoms with E-state index < -0.39 is 10.8 Å². The van der Waals surface area contributed by atoms with E-state index in [1.54, 1.807) is 0 Å². The maximum Gasteiger partial charge on any atom is 0.270 e. The summed E-state index contributed by atoms with van der Waals surface area (Å²) in [7, 11) is 0. The van der Waals surface area contributed by atoms with E-state index in [1.807, 2.05) is 0 Å². The molecule has 5 N–H and O–H groups in total. The van der Waals surface area contributed by atoms with Crippen LogP contribution in [0.25, 0.3) is 0 Å². The molecule has 0 saturated heterocycles. The fourth-order valence-electron chi connectivity index (χ4n) is 1.33. The van der Waals surface area contributed by atoms with Gasteiger partial charge in [0, 0.05) is 24.4 Å². The van der Waals surface area contributed by atoms with Crippen LogP contribution < -0.4 is 16.8 Å². The van der Waals surface area contributed by atoms with Crippen LogP contribution in [0.4, 0.5) is 11.4 Å². The van der Waals surface area contributed by atoms with E-state index in [0.717, 1.165) is 12.5 Å². The van der Waals surface area contributed by atoms with Crippen LogP contribution in [0.2, 0.25) is 0 Å². The predicted molar refractivity (Wildman–Crippen MR) is 63.8 cm³/mol. The van der Waals surface area contributed by atoms with Crippen LogP contribution in [-0.2, 0) is 0 Å². The molecular formula is C10H14N4O3. The zero-order chi connectivity index (χ0) is 12.8. The number of hydrogen-bond donors (Lipinski definition) is 3. The second kappa shape index (κ2) is 5.80. The first kappa shape index (κ1) is 12.9. The summed E-state index contributed by atoms with van der Waals surface area (Å²) in [6.07, 6.45) is 0.731. The molecule has 1 amide bonds. The number of nitrogens with two attached hydrogens (primary N) is 2. The van der Waals surface area contributed by atoms with Gasteiger partial charge in [-0.05, 0) is 19.0 Å². The second-order valence-corrected chi connectivity index (χ2v) is 3.42. The van der Waals surface area contributed by atoms with Crippen molar-refractivity contribution in [2.45, 2.75) is 6.42 Å². The summed E-state index contributed by atoms with van der Waals surface area (Å²) in [5.74, 6) is -0.705. The molecule has 0 bridgehead atoms. The molecule has 0 fully saturated rings. The number of primary amides is 1. The lowest BCUT2D eigenvalue weighted by atomic mass is 10.1. The highest BCUT2D eigenvalue weighted by Gasteiger charge is 2.14. The van der Waals surface area contributed by atoms with Crippen molar-refractivity contribution in [3.63, 3.8) is 0 Å².